The Morgan fingerprint density at radius 1 is 0.963 bits per heavy atom. The molecular formula is C23H43NO3. The van der Waals surface area contributed by atoms with Crippen molar-refractivity contribution in [2.24, 2.45) is 10.9 Å². The number of aliphatic hydroxyl groups is 2. The van der Waals surface area contributed by atoms with Gasteiger partial charge in [0, 0.05) is 13.0 Å². The maximum Gasteiger partial charge on any atom is 0.183 e. The van der Waals surface area contributed by atoms with Crippen LogP contribution in [0.1, 0.15) is 96.8 Å². The molecule has 27 heavy (non-hydrogen) atoms. The smallest absolute Gasteiger partial charge is 0.183 e. The van der Waals surface area contributed by atoms with Crippen molar-refractivity contribution >= 4 is 5.90 Å². The highest BCUT2D eigenvalue weighted by Gasteiger charge is 2.17. The van der Waals surface area contributed by atoms with E-state index in [2.05, 4.69) is 24.1 Å². The van der Waals surface area contributed by atoms with Crippen molar-refractivity contribution in [3.05, 3.63) is 12.2 Å². The molecular weight excluding hydrogens is 338 g/mol. The van der Waals surface area contributed by atoms with Gasteiger partial charge in [0.2, 0.25) is 0 Å². The van der Waals surface area contributed by atoms with Gasteiger partial charge in [-0.05, 0) is 50.9 Å². The molecule has 0 amide bonds. The maximum atomic E-state index is 9.57. The van der Waals surface area contributed by atoms with Crippen LogP contribution in [0.2, 0.25) is 0 Å². The summed E-state index contributed by atoms with van der Waals surface area (Å²) in [5.41, 5.74) is 0. The summed E-state index contributed by atoms with van der Waals surface area (Å²) in [6.07, 6.45) is 21.7. The number of ether oxygens (including phenoxy) is 1. The molecule has 1 rings (SSSR count). The van der Waals surface area contributed by atoms with Gasteiger partial charge in [0.05, 0.1) is 6.61 Å². The minimum absolute atomic E-state index is 0.0656. The lowest BCUT2D eigenvalue weighted by Gasteiger charge is -2.13. The zero-order valence-corrected chi connectivity index (χ0v) is 17.6. The Morgan fingerprint density at radius 3 is 2.30 bits per heavy atom. The van der Waals surface area contributed by atoms with Crippen LogP contribution < -0.4 is 0 Å². The van der Waals surface area contributed by atoms with Gasteiger partial charge in [-0.25, -0.2) is 4.99 Å². The molecule has 4 heteroatoms. The Labute approximate surface area is 167 Å². The second-order valence-electron chi connectivity index (χ2n) is 7.92. The van der Waals surface area contributed by atoms with Gasteiger partial charge in [-0.3, -0.25) is 0 Å². The van der Waals surface area contributed by atoms with Crippen LogP contribution in [-0.4, -0.2) is 42.0 Å². The molecule has 0 saturated carbocycles. The van der Waals surface area contributed by atoms with Crippen molar-refractivity contribution in [1.29, 1.82) is 0 Å². The van der Waals surface area contributed by atoms with Crippen molar-refractivity contribution in [2.45, 2.75) is 103 Å². The summed E-state index contributed by atoms with van der Waals surface area (Å²) < 4.78 is 5.47. The number of aliphatic hydroxyl groups excluding tert-OH is 2. The molecule has 1 aliphatic heterocycles. The van der Waals surface area contributed by atoms with Crippen molar-refractivity contribution in [3.63, 3.8) is 0 Å². The molecule has 0 aromatic heterocycles. The van der Waals surface area contributed by atoms with Crippen molar-refractivity contribution < 1.29 is 14.9 Å². The fourth-order valence-electron chi connectivity index (χ4n) is 3.54. The first-order valence-corrected chi connectivity index (χ1v) is 11.4. The highest BCUT2D eigenvalue weighted by Crippen LogP contribution is 2.18. The minimum Gasteiger partial charge on any atom is -0.479 e. The second-order valence-corrected chi connectivity index (χ2v) is 7.92. The fraction of sp³-hybridized carbons (Fsp3) is 0.870. The van der Waals surface area contributed by atoms with Gasteiger partial charge < -0.3 is 14.9 Å². The van der Waals surface area contributed by atoms with Crippen LogP contribution in [0.5, 0.6) is 0 Å². The summed E-state index contributed by atoms with van der Waals surface area (Å²) >= 11 is 0. The summed E-state index contributed by atoms with van der Waals surface area (Å²) in [5.74, 6) is 1.17. The van der Waals surface area contributed by atoms with E-state index >= 15 is 0 Å². The fourth-order valence-corrected chi connectivity index (χ4v) is 3.54. The van der Waals surface area contributed by atoms with Crippen molar-refractivity contribution in [2.75, 3.05) is 19.8 Å². The molecule has 1 aliphatic rings. The number of allylic oxidation sites excluding steroid dienone is 2. The molecule has 0 radical (unpaired) electrons. The average molecular weight is 382 g/mol. The topological polar surface area (TPSA) is 62.1 Å². The summed E-state index contributed by atoms with van der Waals surface area (Å²) in [5, 5.41) is 18.6. The molecule has 4 nitrogen and oxygen atoms in total. The molecule has 0 saturated heterocycles. The van der Waals surface area contributed by atoms with E-state index in [0.717, 1.165) is 31.6 Å². The predicted molar refractivity (Wildman–Crippen MR) is 114 cm³/mol. The van der Waals surface area contributed by atoms with E-state index in [1.54, 1.807) is 0 Å². The molecule has 0 aliphatic carbocycles. The Hall–Kier alpha value is -0.870. The van der Waals surface area contributed by atoms with Gasteiger partial charge in [0.25, 0.3) is 0 Å². The van der Waals surface area contributed by atoms with E-state index in [4.69, 9.17) is 9.84 Å². The first kappa shape index (κ1) is 24.2. The molecule has 2 unspecified atom stereocenters. The highest BCUT2D eigenvalue weighted by molar-refractivity contribution is 5.77. The molecule has 158 valence electrons. The van der Waals surface area contributed by atoms with E-state index in [0.29, 0.717) is 12.5 Å². The van der Waals surface area contributed by atoms with Crippen LogP contribution in [0.25, 0.3) is 0 Å². The van der Waals surface area contributed by atoms with Crippen molar-refractivity contribution in [3.8, 4) is 0 Å². The van der Waals surface area contributed by atoms with E-state index in [1.165, 1.54) is 64.2 Å². The number of hydrogen-bond acceptors (Lipinski definition) is 4. The third-order valence-electron chi connectivity index (χ3n) is 5.37. The van der Waals surface area contributed by atoms with E-state index in [-0.39, 0.29) is 19.3 Å². The van der Waals surface area contributed by atoms with Crippen LogP contribution in [0.3, 0.4) is 0 Å². The van der Waals surface area contributed by atoms with Gasteiger partial charge in [-0.15, -0.1) is 0 Å². The lowest BCUT2D eigenvalue weighted by Crippen LogP contribution is -2.10. The predicted octanol–water partition coefficient (Wildman–Crippen LogP) is 5.42. The lowest BCUT2D eigenvalue weighted by molar-refractivity contribution is 0.204. The van der Waals surface area contributed by atoms with Crippen LogP contribution >= 0.6 is 0 Å². The summed E-state index contributed by atoms with van der Waals surface area (Å²) in [7, 11) is 0. The Bertz CT molecular complexity index is 395. The largest absolute Gasteiger partial charge is 0.479 e. The molecule has 2 N–H and O–H groups in total. The van der Waals surface area contributed by atoms with Gasteiger partial charge >= 0.3 is 0 Å². The molecule has 0 fully saturated rings. The monoisotopic (exact) mass is 381 g/mol. The first-order chi connectivity index (χ1) is 13.3. The highest BCUT2D eigenvalue weighted by atomic mass is 16.5. The Morgan fingerprint density at radius 2 is 1.63 bits per heavy atom. The molecule has 0 aromatic carbocycles. The first-order valence-electron chi connectivity index (χ1n) is 11.4. The van der Waals surface area contributed by atoms with E-state index in [1.807, 2.05) is 0 Å². The van der Waals surface area contributed by atoms with Crippen LogP contribution in [-0.2, 0) is 4.74 Å². The standard InChI is InChI=1S/C23H43NO3/c1-2-3-4-5-6-7-8-9-10-11-12-13-15-21(18-25)16-14-17-23-24-22(19-26)20-27-23/h9-10,21-22,25-26H,2-8,11-20H2,1H3/b10-9-. The average Bonchev–Trinajstić information content (AvgIpc) is 3.15. The van der Waals surface area contributed by atoms with E-state index in [9.17, 15) is 5.11 Å². The Balaban J connectivity index is 1.94. The number of unbranched alkanes of at least 4 members (excludes halogenated alkanes) is 8. The zero-order chi connectivity index (χ0) is 19.6. The summed E-state index contributed by atoms with van der Waals surface area (Å²) in [6.45, 7) is 3.12. The molecule has 2 atom stereocenters. The maximum absolute atomic E-state index is 9.57. The number of rotatable bonds is 18. The van der Waals surface area contributed by atoms with Crippen molar-refractivity contribution in [1.82, 2.24) is 0 Å². The summed E-state index contributed by atoms with van der Waals surface area (Å²) in [4.78, 5) is 4.34. The van der Waals surface area contributed by atoms with Gasteiger partial charge in [0.1, 0.15) is 12.6 Å². The molecule has 0 bridgehead atoms. The number of aliphatic imine (C=N–C) groups is 1. The quantitative estimate of drug-likeness (QED) is 0.246. The number of hydrogen-bond donors (Lipinski definition) is 2. The third-order valence-corrected chi connectivity index (χ3v) is 5.37. The number of nitrogens with zero attached hydrogens (tertiary/aromatic N) is 1. The normalized spacial score (nSPS) is 18.0. The second kappa shape index (κ2) is 17.2. The third kappa shape index (κ3) is 13.0. The van der Waals surface area contributed by atoms with Gasteiger partial charge in [-0.1, -0.05) is 57.6 Å². The van der Waals surface area contributed by atoms with Crippen LogP contribution in [0, 0.1) is 5.92 Å². The molecule has 0 spiro atoms. The minimum atomic E-state index is -0.0669. The van der Waals surface area contributed by atoms with Gasteiger partial charge in [-0.2, -0.15) is 0 Å². The summed E-state index contributed by atoms with van der Waals surface area (Å²) in [6, 6.07) is -0.0669. The zero-order valence-electron chi connectivity index (χ0n) is 17.6. The molecule has 1 heterocycles. The van der Waals surface area contributed by atoms with Crippen LogP contribution in [0.15, 0.2) is 17.1 Å². The Kier molecular flexibility index (Phi) is 15.4. The van der Waals surface area contributed by atoms with Gasteiger partial charge in [0.15, 0.2) is 5.90 Å². The van der Waals surface area contributed by atoms with Crippen LogP contribution in [0.4, 0.5) is 0 Å². The van der Waals surface area contributed by atoms with E-state index < -0.39 is 0 Å². The SMILES string of the molecule is CCCCCCCC/C=C\CCCCC(CO)CCCC1=NC(CO)CO1. The molecule has 0 aromatic rings. The lowest BCUT2D eigenvalue weighted by atomic mass is 9.96.